The molecule has 0 saturated carbocycles. The molecule has 5 N–H and O–H groups in total. The first-order valence-electron chi connectivity index (χ1n) is 8.47. The van der Waals surface area contributed by atoms with E-state index in [0.29, 0.717) is 4.57 Å². The zero-order valence-electron chi connectivity index (χ0n) is 15.5. The van der Waals surface area contributed by atoms with Gasteiger partial charge in [0, 0.05) is 12.3 Å². The summed E-state index contributed by atoms with van der Waals surface area (Å²) in [6.45, 7) is 0.995. The number of hydrogen-bond acceptors (Lipinski definition) is 8. The molecule has 1 aromatic rings. The average molecular weight is 440 g/mol. The fourth-order valence-corrected chi connectivity index (χ4v) is 3.96. The molecule has 0 amide bonds. The maximum atomic E-state index is 15.1. The molecule has 164 valence electrons. The van der Waals surface area contributed by atoms with E-state index >= 15 is 4.39 Å². The van der Waals surface area contributed by atoms with Gasteiger partial charge in [-0.3, -0.25) is 23.7 Å². The monoisotopic (exact) mass is 440 g/mol. The second-order valence-corrected chi connectivity index (χ2v) is 9.04. The standard InChI is InChI=1S/C15H22FN2O10P/c1-8(10(20)21)4-6-29(25,26)27-7-15(16)11(22)14(2,24)12(28-15)18-5-3-9(19)17-13(18)23/h3,5,8,11-12,22,24H,4,6-7H2,1-2H3,(H,20,21)(H,25,26)(H,17,19,23)/t8?,11-,12+,14+,15+/m0/s1. The zero-order chi connectivity index (χ0) is 22.2. The molecule has 2 rings (SSSR count). The largest absolute Gasteiger partial charge is 0.481 e. The Hall–Kier alpha value is -1.89. The summed E-state index contributed by atoms with van der Waals surface area (Å²) in [6, 6.07) is 0.910. The second kappa shape index (κ2) is 8.09. The van der Waals surface area contributed by atoms with Crippen LogP contribution in [-0.2, 0) is 18.6 Å². The summed E-state index contributed by atoms with van der Waals surface area (Å²) >= 11 is 0. The highest BCUT2D eigenvalue weighted by Gasteiger charge is 2.63. The van der Waals surface area contributed by atoms with Gasteiger partial charge in [-0.25, -0.2) is 9.18 Å². The molecule has 1 aromatic heterocycles. The molecule has 0 bridgehead atoms. The minimum absolute atomic E-state index is 0.223. The van der Waals surface area contributed by atoms with E-state index in [4.69, 9.17) is 9.84 Å². The van der Waals surface area contributed by atoms with Crippen molar-refractivity contribution >= 4 is 13.6 Å². The van der Waals surface area contributed by atoms with Gasteiger partial charge in [0.2, 0.25) is 0 Å². The van der Waals surface area contributed by atoms with Crippen molar-refractivity contribution in [2.75, 3.05) is 12.8 Å². The minimum atomic E-state index is -4.45. The average Bonchev–Trinajstić information content (AvgIpc) is 2.79. The summed E-state index contributed by atoms with van der Waals surface area (Å²) in [4.78, 5) is 45.5. The smallest absolute Gasteiger partial charge is 0.330 e. The van der Waals surface area contributed by atoms with E-state index in [9.17, 15) is 34.1 Å². The van der Waals surface area contributed by atoms with Crippen LogP contribution in [0.4, 0.5) is 4.39 Å². The SMILES string of the molecule is CC(CCP(=O)(O)OC[C@@]1(F)O[C@@H](n2ccc(=O)[nH]c2=O)[C@](C)(O)[C@@H]1O)C(=O)O. The number of nitrogens with zero attached hydrogens (tertiary/aromatic N) is 1. The molecule has 29 heavy (non-hydrogen) atoms. The Kier molecular flexibility index (Phi) is 6.52. The number of aliphatic carboxylic acids is 1. The number of aliphatic hydroxyl groups is 2. The molecule has 1 fully saturated rings. The molecule has 6 atom stereocenters. The van der Waals surface area contributed by atoms with Gasteiger partial charge in [-0.15, -0.1) is 0 Å². The van der Waals surface area contributed by atoms with Crippen molar-refractivity contribution in [3.8, 4) is 0 Å². The number of aromatic amines is 1. The predicted octanol–water partition coefficient (Wildman–Crippen LogP) is -0.844. The molecule has 2 heterocycles. The van der Waals surface area contributed by atoms with Crippen LogP contribution in [0, 0.1) is 5.92 Å². The molecule has 1 aliphatic rings. The van der Waals surface area contributed by atoms with Crippen molar-refractivity contribution in [2.45, 2.75) is 44.1 Å². The van der Waals surface area contributed by atoms with Gasteiger partial charge >= 0.3 is 19.3 Å². The number of hydrogen-bond donors (Lipinski definition) is 5. The lowest BCUT2D eigenvalue weighted by Gasteiger charge is -2.27. The molecular weight excluding hydrogens is 418 g/mol. The number of aliphatic hydroxyl groups excluding tert-OH is 1. The Morgan fingerprint density at radius 2 is 2.14 bits per heavy atom. The first-order chi connectivity index (χ1) is 13.2. The van der Waals surface area contributed by atoms with Crippen LogP contribution in [0.1, 0.15) is 26.5 Å². The number of ether oxygens (including phenoxy) is 1. The van der Waals surface area contributed by atoms with Gasteiger partial charge in [0.05, 0.1) is 12.1 Å². The number of H-pyrrole nitrogens is 1. The lowest BCUT2D eigenvalue weighted by Crippen LogP contribution is -2.50. The Morgan fingerprint density at radius 3 is 2.69 bits per heavy atom. The molecule has 0 spiro atoms. The van der Waals surface area contributed by atoms with Crippen molar-refractivity contribution in [3.05, 3.63) is 33.1 Å². The van der Waals surface area contributed by atoms with E-state index < -0.39 is 67.3 Å². The van der Waals surface area contributed by atoms with Gasteiger partial charge in [-0.1, -0.05) is 6.92 Å². The van der Waals surface area contributed by atoms with Crippen LogP contribution in [0.25, 0.3) is 0 Å². The molecule has 2 unspecified atom stereocenters. The Morgan fingerprint density at radius 1 is 1.52 bits per heavy atom. The summed E-state index contributed by atoms with van der Waals surface area (Å²) < 4.78 is 37.4. The first-order valence-corrected chi connectivity index (χ1v) is 10.2. The molecule has 1 saturated heterocycles. The molecule has 1 aliphatic heterocycles. The van der Waals surface area contributed by atoms with Gasteiger partial charge in [-0.2, -0.15) is 0 Å². The molecule has 14 heteroatoms. The maximum Gasteiger partial charge on any atom is 0.330 e. The quantitative estimate of drug-likeness (QED) is 0.319. The fraction of sp³-hybridized carbons (Fsp3) is 0.667. The number of rotatable bonds is 8. The van der Waals surface area contributed by atoms with E-state index in [-0.39, 0.29) is 6.42 Å². The second-order valence-electron chi connectivity index (χ2n) is 7.06. The van der Waals surface area contributed by atoms with Crippen LogP contribution in [0.5, 0.6) is 0 Å². The van der Waals surface area contributed by atoms with E-state index in [0.717, 1.165) is 19.2 Å². The number of aromatic nitrogens is 2. The third kappa shape index (κ3) is 5.00. The zero-order valence-corrected chi connectivity index (χ0v) is 16.4. The third-order valence-electron chi connectivity index (χ3n) is 4.60. The number of carboxylic acid groups (broad SMARTS) is 1. The topological polar surface area (TPSA) is 188 Å². The number of halogens is 1. The lowest BCUT2D eigenvalue weighted by atomic mass is 9.95. The van der Waals surface area contributed by atoms with Crippen molar-refractivity contribution < 1.29 is 43.2 Å². The Labute approximate surface area is 163 Å². The van der Waals surface area contributed by atoms with Crippen molar-refractivity contribution in [3.63, 3.8) is 0 Å². The van der Waals surface area contributed by atoms with Crippen molar-refractivity contribution in [2.24, 2.45) is 5.92 Å². The molecule has 0 aliphatic carbocycles. The van der Waals surface area contributed by atoms with Crippen LogP contribution in [0.15, 0.2) is 21.9 Å². The highest BCUT2D eigenvalue weighted by atomic mass is 31.2. The van der Waals surface area contributed by atoms with E-state index in [1.807, 2.05) is 4.98 Å². The van der Waals surface area contributed by atoms with Crippen LogP contribution in [0.3, 0.4) is 0 Å². The molecule has 0 radical (unpaired) electrons. The number of carboxylic acids is 1. The number of nitrogens with one attached hydrogen (secondary N) is 1. The summed E-state index contributed by atoms with van der Waals surface area (Å²) in [7, 11) is -4.45. The maximum absolute atomic E-state index is 15.1. The van der Waals surface area contributed by atoms with Gasteiger partial charge in [0.25, 0.3) is 11.4 Å². The summed E-state index contributed by atoms with van der Waals surface area (Å²) in [6.07, 6.45) is -3.98. The highest BCUT2D eigenvalue weighted by Crippen LogP contribution is 2.49. The first kappa shape index (κ1) is 23.4. The normalized spacial score (nSPS) is 32.6. The number of carbonyl (C=O) groups is 1. The summed E-state index contributed by atoms with van der Waals surface area (Å²) in [5.41, 5.74) is -4.18. The Bertz CT molecular complexity index is 930. The van der Waals surface area contributed by atoms with Crippen LogP contribution in [-0.4, -0.2) is 66.1 Å². The van der Waals surface area contributed by atoms with E-state index in [1.54, 1.807) is 0 Å². The number of alkyl halides is 1. The van der Waals surface area contributed by atoms with Crippen LogP contribution < -0.4 is 11.2 Å². The Balaban J connectivity index is 2.16. The highest BCUT2D eigenvalue weighted by molar-refractivity contribution is 7.52. The van der Waals surface area contributed by atoms with Gasteiger partial charge < -0.3 is 29.5 Å². The van der Waals surface area contributed by atoms with Crippen molar-refractivity contribution in [1.82, 2.24) is 9.55 Å². The van der Waals surface area contributed by atoms with Crippen LogP contribution >= 0.6 is 7.60 Å². The minimum Gasteiger partial charge on any atom is -0.481 e. The summed E-state index contributed by atoms with van der Waals surface area (Å²) in [5.74, 6) is -5.31. The van der Waals surface area contributed by atoms with E-state index in [2.05, 4.69) is 4.52 Å². The van der Waals surface area contributed by atoms with E-state index in [1.165, 1.54) is 6.92 Å². The fourth-order valence-electron chi connectivity index (χ4n) is 2.74. The van der Waals surface area contributed by atoms with Gasteiger partial charge in [0.15, 0.2) is 6.23 Å². The predicted molar refractivity (Wildman–Crippen MR) is 94.0 cm³/mol. The van der Waals surface area contributed by atoms with Crippen molar-refractivity contribution in [1.29, 1.82) is 0 Å². The summed E-state index contributed by atoms with van der Waals surface area (Å²) in [5, 5.41) is 29.4. The van der Waals surface area contributed by atoms with Gasteiger partial charge in [-0.05, 0) is 13.3 Å². The third-order valence-corrected chi connectivity index (χ3v) is 5.96. The van der Waals surface area contributed by atoms with Crippen LogP contribution in [0.2, 0.25) is 0 Å². The van der Waals surface area contributed by atoms with Gasteiger partial charge in [0.1, 0.15) is 18.3 Å². The molecular formula is C15H22FN2O10P. The molecule has 0 aromatic carbocycles. The molecule has 12 nitrogen and oxygen atoms in total. The lowest BCUT2D eigenvalue weighted by molar-refractivity contribution is -0.203.